The number of ether oxygens (including phenoxy) is 1. The van der Waals surface area contributed by atoms with E-state index in [0.717, 1.165) is 21.5 Å². The van der Waals surface area contributed by atoms with Crippen LogP contribution in [0.2, 0.25) is 0 Å². The van der Waals surface area contributed by atoms with Crippen LogP contribution in [0.4, 0.5) is 0 Å². The van der Waals surface area contributed by atoms with Crippen molar-refractivity contribution in [3.05, 3.63) is 59.0 Å². The molecule has 7 heteroatoms. The molecular weight excluding hydrogens is 342 g/mol. The van der Waals surface area contributed by atoms with Crippen molar-refractivity contribution in [3.8, 4) is 11.4 Å². The van der Waals surface area contributed by atoms with E-state index in [9.17, 15) is 4.79 Å². The van der Waals surface area contributed by atoms with Crippen molar-refractivity contribution in [2.75, 3.05) is 12.9 Å². The maximum atomic E-state index is 12.0. The number of benzene rings is 1. The van der Waals surface area contributed by atoms with Gasteiger partial charge in [0.05, 0.1) is 19.4 Å². The van der Waals surface area contributed by atoms with Crippen molar-refractivity contribution in [3.63, 3.8) is 0 Å². The van der Waals surface area contributed by atoms with Crippen LogP contribution in [-0.2, 0) is 11.3 Å². The minimum atomic E-state index is -0.00215. The van der Waals surface area contributed by atoms with Crippen LogP contribution in [0.15, 0.2) is 59.3 Å². The predicted molar refractivity (Wildman–Crippen MR) is 97.0 cm³/mol. The summed E-state index contributed by atoms with van der Waals surface area (Å²) in [5.41, 5.74) is 0.981. The van der Waals surface area contributed by atoms with Crippen LogP contribution in [0, 0.1) is 0 Å². The standard InChI is InChI=1S/C17H17N3O2S2/c1-22-14-6-4-13(5-7-14)20-9-8-18-17(20)24-12-16(21)19-11-15-3-2-10-23-15/h2-10H,11-12H2,1H3,(H,19,21). The highest BCUT2D eigenvalue weighted by Crippen LogP contribution is 2.22. The van der Waals surface area contributed by atoms with E-state index >= 15 is 0 Å². The van der Waals surface area contributed by atoms with Gasteiger partial charge in [-0.2, -0.15) is 0 Å². The summed E-state index contributed by atoms with van der Waals surface area (Å²) in [4.78, 5) is 17.5. The Bertz CT molecular complexity index is 783. The molecule has 0 bridgehead atoms. The van der Waals surface area contributed by atoms with Crippen LogP contribution >= 0.6 is 23.1 Å². The van der Waals surface area contributed by atoms with Crippen LogP contribution in [0.3, 0.4) is 0 Å². The number of carbonyl (C=O) groups excluding carboxylic acids is 1. The van der Waals surface area contributed by atoms with Crippen molar-refractivity contribution in [1.82, 2.24) is 14.9 Å². The molecule has 124 valence electrons. The summed E-state index contributed by atoms with van der Waals surface area (Å²) >= 11 is 3.05. The second-order valence-electron chi connectivity index (χ2n) is 4.92. The quantitative estimate of drug-likeness (QED) is 0.657. The Morgan fingerprint density at radius 2 is 2.17 bits per heavy atom. The number of nitrogens with zero attached hydrogens (tertiary/aromatic N) is 2. The predicted octanol–water partition coefficient (Wildman–Crippen LogP) is 3.35. The van der Waals surface area contributed by atoms with E-state index in [-0.39, 0.29) is 5.91 Å². The van der Waals surface area contributed by atoms with E-state index in [0.29, 0.717) is 12.3 Å². The topological polar surface area (TPSA) is 56.2 Å². The number of rotatable bonds is 7. The minimum Gasteiger partial charge on any atom is -0.497 e. The van der Waals surface area contributed by atoms with Crippen LogP contribution in [0.5, 0.6) is 5.75 Å². The van der Waals surface area contributed by atoms with Gasteiger partial charge in [0.2, 0.25) is 5.91 Å². The van der Waals surface area contributed by atoms with Gasteiger partial charge in [0.1, 0.15) is 5.75 Å². The number of hydrogen-bond donors (Lipinski definition) is 1. The fraction of sp³-hybridized carbons (Fsp3) is 0.176. The smallest absolute Gasteiger partial charge is 0.230 e. The first-order valence-corrected chi connectivity index (χ1v) is 9.22. The molecule has 0 aliphatic heterocycles. The number of nitrogens with one attached hydrogen (secondary N) is 1. The molecule has 2 heterocycles. The highest BCUT2D eigenvalue weighted by molar-refractivity contribution is 7.99. The van der Waals surface area contributed by atoms with E-state index in [2.05, 4.69) is 10.3 Å². The highest BCUT2D eigenvalue weighted by Gasteiger charge is 2.09. The molecular formula is C17H17N3O2S2. The van der Waals surface area contributed by atoms with E-state index in [4.69, 9.17) is 4.74 Å². The van der Waals surface area contributed by atoms with E-state index < -0.39 is 0 Å². The minimum absolute atomic E-state index is 0.00215. The fourth-order valence-electron chi connectivity index (χ4n) is 2.12. The number of carbonyl (C=O) groups is 1. The fourth-order valence-corrected chi connectivity index (χ4v) is 3.56. The molecule has 2 aromatic heterocycles. The average Bonchev–Trinajstić information content (AvgIpc) is 3.29. The molecule has 0 aliphatic rings. The number of hydrogen-bond acceptors (Lipinski definition) is 5. The third-order valence-corrected chi connectivity index (χ3v) is 5.17. The molecule has 0 saturated carbocycles. The lowest BCUT2D eigenvalue weighted by Crippen LogP contribution is -2.24. The Morgan fingerprint density at radius 3 is 2.88 bits per heavy atom. The van der Waals surface area contributed by atoms with Gasteiger partial charge in [-0.25, -0.2) is 4.98 Å². The third kappa shape index (κ3) is 4.18. The van der Waals surface area contributed by atoms with Crippen molar-refractivity contribution in [1.29, 1.82) is 0 Å². The number of methoxy groups -OCH3 is 1. The molecule has 0 fully saturated rings. The lowest BCUT2D eigenvalue weighted by Gasteiger charge is -2.08. The van der Waals surface area contributed by atoms with Crippen molar-refractivity contribution < 1.29 is 9.53 Å². The van der Waals surface area contributed by atoms with E-state index in [1.807, 2.05) is 52.5 Å². The summed E-state index contributed by atoms with van der Waals surface area (Å²) in [7, 11) is 1.64. The van der Waals surface area contributed by atoms with Crippen LogP contribution < -0.4 is 10.1 Å². The molecule has 1 N–H and O–H groups in total. The molecule has 24 heavy (non-hydrogen) atoms. The summed E-state index contributed by atoms with van der Waals surface area (Å²) in [6.45, 7) is 0.573. The van der Waals surface area contributed by atoms with E-state index in [1.54, 1.807) is 24.6 Å². The molecule has 0 atom stereocenters. The molecule has 3 rings (SSSR count). The Hall–Kier alpha value is -2.25. The van der Waals surface area contributed by atoms with Gasteiger partial charge in [-0.3, -0.25) is 9.36 Å². The molecule has 3 aromatic rings. The van der Waals surface area contributed by atoms with E-state index in [1.165, 1.54) is 11.8 Å². The molecule has 1 amide bonds. The van der Waals surface area contributed by atoms with Gasteiger partial charge in [-0.1, -0.05) is 17.8 Å². The van der Waals surface area contributed by atoms with Gasteiger partial charge in [-0.15, -0.1) is 11.3 Å². The molecule has 1 aromatic carbocycles. The zero-order valence-corrected chi connectivity index (χ0v) is 14.8. The molecule has 0 saturated heterocycles. The Kier molecular flexibility index (Phi) is 5.55. The Balaban J connectivity index is 1.57. The number of aromatic nitrogens is 2. The lowest BCUT2D eigenvalue weighted by atomic mass is 10.3. The van der Waals surface area contributed by atoms with Crippen molar-refractivity contribution >= 4 is 29.0 Å². The number of thioether (sulfide) groups is 1. The number of amides is 1. The number of imidazole rings is 1. The van der Waals surface area contributed by atoms with Crippen LogP contribution in [0.25, 0.3) is 5.69 Å². The lowest BCUT2D eigenvalue weighted by molar-refractivity contribution is -0.118. The van der Waals surface area contributed by atoms with Crippen molar-refractivity contribution in [2.45, 2.75) is 11.7 Å². The maximum Gasteiger partial charge on any atom is 0.230 e. The molecule has 5 nitrogen and oxygen atoms in total. The zero-order valence-electron chi connectivity index (χ0n) is 13.1. The van der Waals surface area contributed by atoms with Gasteiger partial charge in [0, 0.05) is 23.0 Å². The van der Waals surface area contributed by atoms with Gasteiger partial charge >= 0.3 is 0 Å². The maximum absolute atomic E-state index is 12.0. The largest absolute Gasteiger partial charge is 0.497 e. The first-order chi connectivity index (χ1) is 11.8. The zero-order chi connectivity index (χ0) is 16.8. The Labute approximate surface area is 148 Å². The second-order valence-corrected chi connectivity index (χ2v) is 6.90. The summed E-state index contributed by atoms with van der Waals surface area (Å²) < 4.78 is 7.13. The van der Waals surface area contributed by atoms with Crippen molar-refractivity contribution in [2.24, 2.45) is 0 Å². The van der Waals surface area contributed by atoms with Crippen LogP contribution in [0.1, 0.15) is 4.88 Å². The average molecular weight is 359 g/mol. The summed E-state index contributed by atoms with van der Waals surface area (Å²) in [6.07, 6.45) is 3.61. The van der Waals surface area contributed by atoms with Gasteiger partial charge in [0.25, 0.3) is 0 Å². The second kappa shape index (κ2) is 8.03. The Morgan fingerprint density at radius 1 is 1.33 bits per heavy atom. The van der Waals surface area contributed by atoms with Gasteiger partial charge < -0.3 is 10.1 Å². The molecule has 0 radical (unpaired) electrons. The third-order valence-electron chi connectivity index (χ3n) is 3.33. The molecule has 0 unspecified atom stereocenters. The normalized spacial score (nSPS) is 10.5. The van der Waals surface area contributed by atoms with Crippen LogP contribution in [-0.4, -0.2) is 28.3 Å². The monoisotopic (exact) mass is 359 g/mol. The summed E-state index contributed by atoms with van der Waals surface area (Å²) in [6, 6.07) is 11.7. The number of thiophene rings is 1. The first-order valence-electron chi connectivity index (χ1n) is 7.36. The SMILES string of the molecule is COc1ccc(-n2ccnc2SCC(=O)NCc2cccs2)cc1. The first kappa shape index (κ1) is 16.6. The van der Waals surface area contributed by atoms with Gasteiger partial charge in [-0.05, 0) is 35.7 Å². The molecule has 0 spiro atoms. The van der Waals surface area contributed by atoms with Gasteiger partial charge in [0.15, 0.2) is 5.16 Å². The summed E-state index contributed by atoms with van der Waals surface area (Å²) in [5, 5.41) is 5.70. The summed E-state index contributed by atoms with van der Waals surface area (Å²) in [5.74, 6) is 1.14. The molecule has 0 aliphatic carbocycles. The highest BCUT2D eigenvalue weighted by atomic mass is 32.2.